The van der Waals surface area contributed by atoms with E-state index in [2.05, 4.69) is 5.32 Å². The van der Waals surface area contributed by atoms with Crippen molar-refractivity contribution in [2.45, 2.75) is 13.5 Å². The average molecular weight is 317 g/mol. The minimum Gasteiger partial charge on any atom is -0.508 e. The van der Waals surface area contributed by atoms with Crippen LogP contribution < -0.4 is 5.32 Å². The van der Waals surface area contributed by atoms with E-state index in [1.807, 2.05) is 6.92 Å². The first-order chi connectivity index (χ1) is 8.97. The Morgan fingerprint density at radius 1 is 1.05 bits per heavy atom. The lowest BCUT2D eigenvalue weighted by atomic mass is 10.2. The van der Waals surface area contributed by atoms with Gasteiger partial charge in [0.2, 0.25) is 0 Å². The summed E-state index contributed by atoms with van der Waals surface area (Å²) in [7, 11) is 0. The Kier molecular flexibility index (Phi) is 4.46. The molecule has 5 heteroatoms. The van der Waals surface area contributed by atoms with E-state index in [-0.39, 0.29) is 5.75 Å². The van der Waals surface area contributed by atoms with E-state index in [1.54, 1.807) is 30.3 Å². The summed E-state index contributed by atoms with van der Waals surface area (Å²) in [5.41, 5.74) is 2.33. The van der Waals surface area contributed by atoms with Crippen molar-refractivity contribution in [2.75, 3.05) is 5.32 Å². The molecule has 0 unspecified atom stereocenters. The predicted molar refractivity (Wildman–Crippen MR) is 81.6 cm³/mol. The molecule has 0 heterocycles. The topological polar surface area (TPSA) is 32.3 Å². The molecule has 0 saturated carbocycles. The minimum absolute atomic E-state index is 0.186. The molecule has 2 nitrogen and oxygen atoms in total. The zero-order valence-corrected chi connectivity index (χ0v) is 12.4. The number of anilines is 1. The van der Waals surface area contributed by atoms with Gasteiger partial charge in [0.15, 0.2) is 0 Å². The molecule has 100 valence electrons. The van der Waals surface area contributed by atoms with Crippen molar-refractivity contribution in [1.82, 2.24) is 0 Å². The number of phenols is 1. The molecular weight excluding hydrogens is 305 g/mol. The third kappa shape index (κ3) is 3.47. The van der Waals surface area contributed by atoms with Gasteiger partial charge in [-0.1, -0.05) is 34.8 Å². The van der Waals surface area contributed by atoms with Gasteiger partial charge in [-0.25, -0.2) is 0 Å². The highest BCUT2D eigenvalue weighted by Gasteiger charge is 2.06. The number of hydrogen-bond donors (Lipinski definition) is 2. The van der Waals surface area contributed by atoms with Crippen LogP contribution in [-0.4, -0.2) is 5.11 Å². The van der Waals surface area contributed by atoms with Crippen molar-refractivity contribution in [3.05, 3.63) is 56.5 Å². The molecule has 0 aliphatic rings. The predicted octanol–water partition coefficient (Wildman–Crippen LogP) is 5.27. The fraction of sp³-hybridized carbons (Fsp3) is 0.143. The number of hydrogen-bond acceptors (Lipinski definition) is 2. The van der Waals surface area contributed by atoms with Crippen molar-refractivity contribution in [3.8, 4) is 5.75 Å². The Hall–Kier alpha value is -1.09. The van der Waals surface area contributed by atoms with E-state index >= 15 is 0 Å². The van der Waals surface area contributed by atoms with Gasteiger partial charge in [-0.05, 0) is 42.8 Å². The number of halogens is 3. The van der Waals surface area contributed by atoms with Gasteiger partial charge in [-0.3, -0.25) is 0 Å². The first kappa shape index (κ1) is 14.3. The van der Waals surface area contributed by atoms with Gasteiger partial charge in [0, 0.05) is 22.2 Å². The van der Waals surface area contributed by atoms with Crippen molar-refractivity contribution in [2.24, 2.45) is 0 Å². The quantitative estimate of drug-likeness (QED) is 0.808. The third-order valence-electron chi connectivity index (χ3n) is 2.76. The maximum atomic E-state index is 9.72. The molecule has 0 aliphatic heterocycles. The number of aromatic hydroxyl groups is 1. The summed E-state index contributed by atoms with van der Waals surface area (Å²) in [5, 5.41) is 14.7. The highest BCUT2D eigenvalue weighted by atomic mass is 35.5. The monoisotopic (exact) mass is 315 g/mol. The summed E-state index contributed by atoms with van der Waals surface area (Å²) in [5.74, 6) is 0.186. The Balaban J connectivity index is 2.19. The molecule has 0 atom stereocenters. The van der Waals surface area contributed by atoms with Gasteiger partial charge in [0.05, 0.1) is 10.7 Å². The lowest BCUT2D eigenvalue weighted by Crippen LogP contribution is -2.00. The standard InChI is InChI=1S/C14H12Cl3NO/c1-8-4-12(17)13(6-11(8)16)18-7-9-5-10(15)2-3-14(9)19/h2-6,18-19H,7H2,1H3. The zero-order valence-electron chi connectivity index (χ0n) is 10.2. The fourth-order valence-corrected chi connectivity index (χ4v) is 2.31. The minimum atomic E-state index is 0.186. The number of phenolic OH excluding ortho intramolecular Hbond substituents is 1. The summed E-state index contributed by atoms with van der Waals surface area (Å²) < 4.78 is 0. The van der Waals surface area contributed by atoms with Gasteiger partial charge in [-0.15, -0.1) is 0 Å². The Bertz CT molecular complexity index is 614. The van der Waals surface area contributed by atoms with Crippen LogP contribution in [0.1, 0.15) is 11.1 Å². The van der Waals surface area contributed by atoms with Crippen LogP contribution in [0, 0.1) is 6.92 Å². The highest BCUT2D eigenvalue weighted by molar-refractivity contribution is 6.35. The lowest BCUT2D eigenvalue weighted by Gasteiger charge is -2.11. The van der Waals surface area contributed by atoms with E-state index < -0.39 is 0 Å². The van der Waals surface area contributed by atoms with E-state index in [9.17, 15) is 5.11 Å². The second kappa shape index (κ2) is 5.91. The van der Waals surface area contributed by atoms with Crippen molar-refractivity contribution in [1.29, 1.82) is 0 Å². The molecule has 0 spiro atoms. The van der Waals surface area contributed by atoms with Gasteiger partial charge in [0.25, 0.3) is 0 Å². The van der Waals surface area contributed by atoms with Crippen LogP contribution in [0.2, 0.25) is 15.1 Å². The summed E-state index contributed by atoms with van der Waals surface area (Å²) in [6, 6.07) is 8.46. The molecule has 2 rings (SSSR count). The SMILES string of the molecule is Cc1cc(Cl)c(NCc2cc(Cl)ccc2O)cc1Cl. The molecular formula is C14H12Cl3NO. The second-order valence-electron chi connectivity index (χ2n) is 4.21. The van der Waals surface area contributed by atoms with E-state index in [4.69, 9.17) is 34.8 Å². The van der Waals surface area contributed by atoms with Gasteiger partial charge >= 0.3 is 0 Å². The van der Waals surface area contributed by atoms with Crippen LogP contribution in [0.5, 0.6) is 5.75 Å². The molecule has 2 N–H and O–H groups in total. The van der Waals surface area contributed by atoms with Crippen molar-refractivity contribution < 1.29 is 5.11 Å². The zero-order chi connectivity index (χ0) is 14.0. The third-order valence-corrected chi connectivity index (χ3v) is 3.71. The molecule has 0 saturated heterocycles. The Morgan fingerprint density at radius 3 is 2.53 bits per heavy atom. The maximum Gasteiger partial charge on any atom is 0.120 e. The summed E-state index contributed by atoms with van der Waals surface area (Å²) in [6.45, 7) is 2.30. The molecule has 2 aromatic carbocycles. The van der Waals surface area contributed by atoms with Crippen molar-refractivity contribution >= 4 is 40.5 Å². The van der Waals surface area contributed by atoms with Crippen LogP contribution >= 0.6 is 34.8 Å². The smallest absolute Gasteiger partial charge is 0.120 e. The van der Waals surface area contributed by atoms with E-state index in [1.165, 1.54) is 0 Å². The maximum absolute atomic E-state index is 9.72. The lowest BCUT2D eigenvalue weighted by molar-refractivity contribution is 0.469. The number of benzene rings is 2. The molecule has 0 radical (unpaired) electrons. The van der Waals surface area contributed by atoms with Crippen molar-refractivity contribution in [3.63, 3.8) is 0 Å². The number of rotatable bonds is 3. The molecule has 0 bridgehead atoms. The van der Waals surface area contributed by atoms with E-state index in [0.29, 0.717) is 27.2 Å². The fourth-order valence-electron chi connectivity index (χ4n) is 1.67. The van der Waals surface area contributed by atoms with E-state index in [0.717, 1.165) is 11.3 Å². The summed E-state index contributed by atoms with van der Waals surface area (Å²) in [6.07, 6.45) is 0. The van der Waals surface area contributed by atoms with Gasteiger partial charge in [-0.2, -0.15) is 0 Å². The van der Waals surface area contributed by atoms with Crippen LogP contribution in [0.3, 0.4) is 0 Å². The molecule has 0 aromatic heterocycles. The molecule has 0 fully saturated rings. The van der Waals surface area contributed by atoms with Crippen LogP contribution in [0.25, 0.3) is 0 Å². The molecule has 0 amide bonds. The molecule has 0 aliphatic carbocycles. The largest absolute Gasteiger partial charge is 0.508 e. The summed E-state index contributed by atoms with van der Waals surface area (Å²) >= 11 is 18.1. The van der Waals surface area contributed by atoms with Gasteiger partial charge < -0.3 is 10.4 Å². The second-order valence-corrected chi connectivity index (χ2v) is 5.46. The summed E-state index contributed by atoms with van der Waals surface area (Å²) in [4.78, 5) is 0. The Morgan fingerprint density at radius 2 is 1.79 bits per heavy atom. The molecule has 19 heavy (non-hydrogen) atoms. The average Bonchev–Trinajstić information content (AvgIpc) is 2.36. The number of aryl methyl sites for hydroxylation is 1. The van der Waals surface area contributed by atoms with Crippen LogP contribution in [-0.2, 0) is 6.54 Å². The first-order valence-electron chi connectivity index (χ1n) is 5.64. The highest BCUT2D eigenvalue weighted by Crippen LogP contribution is 2.30. The normalized spacial score (nSPS) is 10.5. The number of nitrogens with one attached hydrogen (secondary N) is 1. The molecule has 2 aromatic rings. The van der Waals surface area contributed by atoms with Crippen LogP contribution in [0.4, 0.5) is 5.69 Å². The van der Waals surface area contributed by atoms with Crippen LogP contribution in [0.15, 0.2) is 30.3 Å². The Labute approximate surface area is 126 Å². The van der Waals surface area contributed by atoms with Gasteiger partial charge in [0.1, 0.15) is 5.75 Å². The first-order valence-corrected chi connectivity index (χ1v) is 6.77.